The van der Waals surface area contributed by atoms with Gasteiger partial charge < -0.3 is 15.2 Å². The first-order chi connectivity index (χ1) is 11.3. The molecule has 0 radical (unpaired) electrons. The molecule has 0 saturated carbocycles. The summed E-state index contributed by atoms with van der Waals surface area (Å²) in [5.74, 6) is 2.05. The molecule has 0 aliphatic carbocycles. The molecule has 1 aliphatic heterocycles. The van der Waals surface area contributed by atoms with Crippen LogP contribution in [0.25, 0.3) is 11.4 Å². The lowest BCUT2D eigenvalue weighted by molar-refractivity contribution is -0.116. The fraction of sp³-hybridized carbons (Fsp3) is 0.471. The summed E-state index contributed by atoms with van der Waals surface area (Å²) in [7, 11) is 1.89. The topological polar surface area (TPSA) is 71.8 Å². The van der Waals surface area contributed by atoms with Gasteiger partial charge in [-0.05, 0) is 57.1 Å². The minimum Gasteiger partial charge on any atom is -0.326 e. The predicted octanol–water partition coefficient (Wildman–Crippen LogP) is 2.22. The summed E-state index contributed by atoms with van der Waals surface area (Å²) >= 11 is 0. The molecule has 2 aromatic rings. The van der Waals surface area contributed by atoms with E-state index >= 15 is 0 Å². The van der Waals surface area contributed by atoms with E-state index in [1.807, 2.05) is 31.3 Å². The summed E-state index contributed by atoms with van der Waals surface area (Å²) in [6, 6.07) is 7.84. The predicted molar refractivity (Wildman–Crippen MR) is 90.2 cm³/mol. The number of hydrogen-bond acceptors (Lipinski definition) is 4. The van der Waals surface area contributed by atoms with Gasteiger partial charge in [-0.1, -0.05) is 0 Å². The van der Waals surface area contributed by atoms with E-state index in [4.69, 9.17) is 0 Å². The number of hydrogen-bond donors (Lipinski definition) is 2. The minimum absolute atomic E-state index is 0.0489. The van der Waals surface area contributed by atoms with E-state index in [1.54, 1.807) is 0 Å². The SMILES string of the molecule is CNCCCC(=O)Nc1ccc(-c2nnc3n2CCCC3)cc1. The maximum absolute atomic E-state index is 11.8. The minimum atomic E-state index is 0.0489. The average molecular weight is 313 g/mol. The van der Waals surface area contributed by atoms with Crippen LogP contribution >= 0.6 is 0 Å². The molecule has 0 bridgehead atoms. The number of carbonyl (C=O) groups is 1. The molecule has 0 unspecified atom stereocenters. The molecule has 0 saturated heterocycles. The Morgan fingerprint density at radius 1 is 1.22 bits per heavy atom. The van der Waals surface area contributed by atoms with Crippen molar-refractivity contribution in [3.05, 3.63) is 30.1 Å². The smallest absolute Gasteiger partial charge is 0.224 e. The Kier molecular flexibility index (Phi) is 5.02. The zero-order valence-corrected chi connectivity index (χ0v) is 13.5. The molecule has 1 amide bonds. The highest BCUT2D eigenvalue weighted by Gasteiger charge is 2.16. The van der Waals surface area contributed by atoms with Gasteiger partial charge in [0.1, 0.15) is 5.82 Å². The van der Waals surface area contributed by atoms with Gasteiger partial charge in [0.2, 0.25) is 5.91 Å². The lowest BCUT2D eigenvalue weighted by atomic mass is 10.1. The van der Waals surface area contributed by atoms with Crippen LogP contribution in [-0.4, -0.2) is 34.3 Å². The molecular formula is C17H23N5O. The van der Waals surface area contributed by atoms with Crippen molar-refractivity contribution in [3.63, 3.8) is 0 Å². The van der Waals surface area contributed by atoms with E-state index in [0.29, 0.717) is 6.42 Å². The second kappa shape index (κ2) is 7.37. The van der Waals surface area contributed by atoms with Crippen LogP contribution in [0.2, 0.25) is 0 Å². The number of fused-ring (bicyclic) bond motifs is 1. The summed E-state index contributed by atoms with van der Waals surface area (Å²) in [4.78, 5) is 11.8. The van der Waals surface area contributed by atoms with Crippen molar-refractivity contribution in [1.29, 1.82) is 0 Å². The van der Waals surface area contributed by atoms with E-state index in [1.165, 1.54) is 12.8 Å². The van der Waals surface area contributed by atoms with Crippen LogP contribution in [0.15, 0.2) is 24.3 Å². The van der Waals surface area contributed by atoms with Crippen LogP contribution < -0.4 is 10.6 Å². The maximum atomic E-state index is 11.8. The zero-order chi connectivity index (χ0) is 16.1. The normalized spacial score (nSPS) is 13.6. The Morgan fingerprint density at radius 2 is 2.04 bits per heavy atom. The van der Waals surface area contributed by atoms with Gasteiger partial charge in [0, 0.05) is 30.6 Å². The molecule has 2 N–H and O–H groups in total. The largest absolute Gasteiger partial charge is 0.326 e. The highest BCUT2D eigenvalue weighted by Crippen LogP contribution is 2.24. The molecule has 2 heterocycles. The van der Waals surface area contributed by atoms with Crippen LogP contribution in [0.3, 0.4) is 0 Å². The molecule has 3 rings (SSSR count). The van der Waals surface area contributed by atoms with Crippen molar-refractivity contribution < 1.29 is 4.79 Å². The fourth-order valence-electron chi connectivity index (χ4n) is 2.87. The summed E-state index contributed by atoms with van der Waals surface area (Å²) in [6.45, 7) is 1.84. The van der Waals surface area contributed by atoms with Crippen molar-refractivity contribution in [2.45, 2.75) is 38.6 Å². The van der Waals surface area contributed by atoms with Crippen molar-refractivity contribution in [2.24, 2.45) is 0 Å². The van der Waals surface area contributed by atoms with Gasteiger partial charge in [-0.3, -0.25) is 4.79 Å². The maximum Gasteiger partial charge on any atom is 0.224 e. The number of rotatable bonds is 6. The zero-order valence-electron chi connectivity index (χ0n) is 13.5. The van der Waals surface area contributed by atoms with Gasteiger partial charge in [0.05, 0.1) is 0 Å². The van der Waals surface area contributed by atoms with Crippen molar-refractivity contribution >= 4 is 11.6 Å². The standard InChI is InChI=1S/C17H23N5O/c1-18-11-4-6-16(23)19-14-9-7-13(8-10-14)17-21-20-15-5-2-3-12-22(15)17/h7-10,18H,2-6,11-12H2,1H3,(H,19,23). The van der Waals surface area contributed by atoms with Gasteiger partial charge in [-0.15, -0.1) is 10.2 Å². The molecule has 1 aromatic carbocycles. The molecule has 6 heteroatoms. The summed E-state index contributed by atoms with van der Waals surface area (Å²) in [5, 5.41) is 14.6. The van der Waals surface area contributed by atoms with Gasteiger partial charge >= 0.3 is 0 Å². The Bertz CT molecular complexity index is 662. The number of aryl methyl sites for hydroxylation is 1. The van der Waals surface area contributed by atoms with E-state index in [9.17, 15) is 4.79 Å². The third-order valence-corrected chi connectivity index (χ3v) is 4.12. The first-order valence-electron chi connectivity index (χ1n) is 8.25. The second-order valence-electron chi connectivity index (χ2n) is 5.88. The third kappa shape index (κ3) is 3.76. The van der Waals surface area contributed by atoms with Gasteiger partial charge in [-0.2, -0.15) is 0 Å². The third-order valence-electron chi connectivity index (χ3n) is 4.12. The van der Waals surface area contributed by atoms with Crippen LogP contribution in [-0.2, 0) is 17.8 Å². The molecule has 6 nitrogen and oxygen atoms in total. The molecule has 1 aromatic heterocycles. The fourth-order valence-corrected chi connectivity index (χ4v) is 2.87. The van der Waals surface area contributed by atoms with Crippen LogP contribution in [0.1, 0.15) is 31.5 Å². The van der Waals surface area contributed by atoms with E-state index < -0.39 is 0 Å². The molecule has 1 aliphatic rings. The number of nitrogens with zero attached hydrogens (tertiary/aromatic N) is 3. The molecule has 122 valence electrons. The highest BCUT2D eigenvalue weighted by molar-refractivity contribution is 5.90. The molecule has 0 fully saturated rings. The highest BCUT2D eigenvalue weighted by atomic mass is 16.1. The second-order valence-corrected chi connectivity index (χ2v) is 5.88. The molecule has 0 spiro atoms. The summed E-state index contributed by atoms with van der Waals surface area (Å²) in [5.41, 5.74) is 1.86. The van der Waals surface area contributed by atoms with Gasteiger partial charge in [0.15, 0.2) is 5.82 Å². The van der Waals surface area contributed by atoms with Crippen LogP contribution in [0.4, 0.5) is 5.69 Å². The van der Waals surface area contributed by atoms with E-state index in [-0.39, 0.29) is 5.91 Å². The lowest BCUT2D eigenvalue weighted by Crippen LogP contribution is -2.15. The first kappa shape index (κ1) is 15.7. The number of nitrogens with one attached hydrogen (secondary N) is 2. The Balaban J connectivity index is 1.65. The van der Waals surface area contributed by atoms with Gasteiger partial charge in [0.25, 0.3) is 0 Å². The Hall–Kier alpha value is -2.21. The Labute approximate surface area is 136 Å². The van der Waals surface area contributed by atoms with E-state index in [2.05, 4.69) is 25.4 Å². The van der Waals surface area contributed by atoms with Crippen molar-refractivity contribution in [1.82, 2.24) is 20.1 Å². The van der Waals surface area contributed by atoms with Crippen molar-refractivity contribution in [2.75, 3.05) is 18.9 Å². The average Bonchev–Trinajstić information content (AvgIpc) is 3.00. The number of carbonyl (C=O) groups excluding carboxylic acids is 1. The number of benzene rings is 1. The first-order valence-corrected chi connectivity index (χ1v) is 8.25. The quantitative estimate of drug-likeness (QED) is 0.802. The van der Waals surface area contributed by atoms with E-state index in [0.717, 1.165) is 48.8 Å². The Morgan fingerprint density at radius 3 is 2.83 bits per heavy atom. The molecule has 23 heavy (non-hydrogen) atoms. The number of amides is 1. The van der Waals surface area contributed by atoms with Crippen molar-refractivity contribution in [3.8, 4) is 11.4 Å². The summed E-state index contributed by atoms with van der Waals surface area (Å²) < 4.78 is 2.20. The number of aromatic nitrogens is 3. The van der Waals surface area contributed by atoms with Crippen LogP contribution in [0, 0.1) is 0 Å². The van der Waals surface area contributed by atoms with Gasteiger partial charge in [-0.25, -0.2) is 0 Å². The monoisotopic (exact) mass is 313 g/mol. The summed E-state index contributed by atoms with van der Waals surface area (Å²) in [6.07, 6.45) is 4.75. The lowest BCUT2D eigenvalue weighted by Gasteiger charge is -2.14. The molecular weight excluding hydrogens is 290 g/mol. The van der Waals surface area contributed by atoms with Crippen LogP contribution in [0.5, 0.6) is 0 Å². The number of anilines is 1. The molecule has 0 atom stereocenters.